The predicted molar refractivity (Wildman–Crippen MR) is 64.3 cm³/mol. The van der Waals surface area contributed by atoms with Crippen LogP contribution >= 0.6 is 0 Å². The molecule has 1 atom stereocenters. The molecule has 0 heterocycles. The number of hydrogen-bond donors (Lipinski definition) is 1. The normalized spacial score (nSPS) is 13.4. The first-order chi connectivity index (χ1) is 7.16. The lowest BCUT2D eigenvalue weighted by Crippen LogP contribution is -2.32. The summed E-state index contributed by atoms with van der Waals surface area (Å²) in [6, 6.07) is 0.525. The van der Waals surface area contributed by atoms with Gasteiger partial charge in [0, 0.05) is 19.2 Å². The van der Waals surface area contributed by atoms with Gasteiger partial charge in [0.1, 0.15) is 0 Å². The fraction of sp³-hybridized carbons (Fsp3) is 1.00. The van der Waals surface area contributed by atoms with Crippen LogP contribution < -0.4 is 5.32 Å². The van der Waals surface area contributed by atoms with Crippen molar-refractivity contribution in [3.8, 4) is 0 Å². The van der Waals surface area contributed by atoms with E-state index in [2.05, 4.69) is 33.0 Å². The quantitative estimate of drug-likeness (QED) is 0.569. The second-order valence-corrected chi connectivity index (χ2v) is 4.21. The molecule has 0 aromatic heterocycles. The van der Waals surface area contributed by atoms with Gasteiger partial charge in [-0.3, -0.25) is 0 Å². The van der Waals surface area contributed by atoms with E-state index in [0.29, 0.717) is 19.3 Å². The van der Waals surface area contributed by atoms with E-state index in [-0.39, 0.29) is 6.10 Å². The molecular formula is C12H27NO2. The van der Waals surface area contributed by atoms with Crippen molar-refractivity contribution in [3.05, 3.63) is 0 Å². The molecule has 0 aliphatic carbocycles. The molecular weight excluding hydrogens is 190 g/mol. The number of hydrogen-bond acceptors (Lipinski definition) is 3. The van der Waals surface area contributed by atoms with E-state index in [9.17, 15) is 0 Å². The van der Waals surface area contributed by atoms with Crippen molar-refractivity contribution in [2.45, 2.75) is 52.7 Å². The van der Waals surface area contributed by atoms with Crippen LogP contribution in [0.4, 0.5) is 0 Å². The fourth-order valence-electron chi connectivity index (χ4n) is 1.12. The van der Waals surface area contributed by atoms with Crippen LogP contribution in [0.15, 0.2) is 0 Å². The van der Waals surface area contributed by atoms with Crippen LogP contribution in [-0.2, 0) is 9.47 Å². The van der Waals surface area contributed by atoms with Gasteiger partial charge in [0.15, 0.2) is 0 Å². The lowest BCUT2D eigenvalue weighted by atomic mass is 10.3. The highest BCUT2D eigenvalue weighted by atomic mass is 16.5. The van der Waals surface area contributed by atoms with Gasteiger partial charge < -0.3 is 14.8 Å². The van der Waals surface area contributed by atoms with Crippen LogP contribution in [0.2, 0.25) is 0 Å². The van der Waals surface area contributed by atoms with Crippen molar-refractivity contribution in [1.82, 2.24) is 5.32 Å². The molecule has 3 heteroatoms. The van der Waals surface area contributed by atoms with Gasteiger partial charge in [-0.15, -0.1) is 0 Å². The van der Waals surface area contributed by atoms with Gasteiger partial charge in [-0.25, -0.2) is 0 Å². The zero-order chi connectivity index (χ0) is 11.5. The second-order valence-electron chi connectivity index (χ2n) is 4.21. The summed E-state index contributed by atoms with van der Waals surface area (Å²) in [5.74, 6) is 0. The molecule has 0 radical (unpaired) electrons. The Labute approximate surface area is 94.5 Å². The SMILES string of the molecule is CCCCOCCOC(C)CNC(C)C. The van der Waals surface area contributed by atoms with E-state index in [1.54, 1.807) is 0 Å². The molecule has 0 rings (SSSR count). The molecule has 0 fully saturated rings. The first-order valence-electron chi connectivity index (χ1n) is 6.09. The first-order valence-corrected chi connectivity index (χ1v) is 6.09. The maximum absolute atomic E-state index is 5.59. The topological polar surface area (TPSA) is 30.5 Å². The van der Waals surface area contributed by atoms with E-state index in [1.807, 2.05) is 0 Å². The Morgan fingerprint density at radius 2 is 1.80 bits per heavy atom. The molecule has 0 aliphatic heterocycles. The Kier molecular flexibility index (Phi) is 10.3. The molecule has 0 bridgehead atoms. The molecule has 0 saturated carbocycles. The lowest BCUT2D eigenvalue weighted by Gasteiger charge is -2.15. The predicted octanol–water partition coefficient (Wildman–Crippen LogP) is 2.21. The maximum atomic E-state index is 5.59. The van der Waals surface area contributed by atoms with Gasteiger partial charge in [0.05, 0.1) is 19.3 Å². The largest absolute Gasteiger partial charge is 0.379 e. The molecule has 0 aromatic carbocycles. The summed E-state index contributed by atoms with van der Waals surface area (Å²) in [7, 11) is 0. The van der Waals surface area contributed by atoms with E-state index < -0.39 is 0 Å². The summed E-state index contributed by atoms with van der Waals surface area (Å²) >= 11 is 0. The average Bonchev–Trinajstić information content (AvgIpc) is 2.20. The molecule has 92 valence electrons. The van der Waals surface area contributed by atoms with E-state index in [0.717, 1.165) is 19.6 Å². The molecule has 0 aliphatic rings. The van der Waals surface area contributed by atoms with Crippen LogP contribution in [0.1, 0.15) is 40.5 Å². The number of ether oxygens (including phenoxy) is 2. The number of rotatable bonds is 10. The minimum atomic E-state index is 0.266. The number of unbranched alkanes of at least 4 members (excludes halogenated alkanes) is 1. The van der Waals surface area contributed by atoms with Crippen molar-refractivity contribution >= 4 is 0 Å². The van der Waals surface area contributed by atoms with Gasteiger partial charge in [0.25, 0.3) is 0 Å². The third kappa shape index (κ3) is 11.8. The highest BCUT2D eigenvalue weighted by molar-refractivity contribution is 4.58. The van der Waals surface area contributed by atoms with Gasteiger partial charge >= 0.3 is 0 Å². The van der Waals surface area contributed by atoms with Gasteiger partial charge in [-0.1, -0.05) is 27.2 Å². The van der Waals surface area contributed by atoms with Crippen LogP contribution in [0.5, 0.6) is 0 Å². The molecule has 1 unspecified atom stereocenters. The molecule has 1 N–H and O–H groups in total. The Bertz CT molecular complexity index is 129. The van der Waals surface area contributed by atoms with Crippen molar-refractivity contribution < 1.29 is 9.47 Å². The van der Waals surface area contributed by atoms with Gasteiger partial charge in [-0.2, -0.15) is 0 Å². The lowest BCUT2D eigenvalue weighted by molar-refractivity contribution is 0.0116. The van der Waals surface area contributed by atoms with E-state index >= 15 is 0 Å². The van der Waals surface area contributed by atoms with Crippen molar-refractivity contribution in [3.63, 3.8) is 0 Å². The van der Waals surface area contributed by atoms with Crippen molar-refractivity contribution in [2.75, 3.05) is 26.4 Å². The van der Waals surface area contributed by atoms with Gasteiger partial charge in [0.2, 0.25) is 0 Å². The Balaban J connectivity index is 3.13. The summed E-state index contributed by atoms with van der Waals surface area (Å²) in [5, 5.41) is 3.34. The molecule has 0 aromatic rings. The Morgan fingerprint density at radius 3 is 2.40 bits per heavy atom. The van der Waals surface area contributed by atoms with Crippen molar-refractivity contribution in [2.24, 2.45) is 0 Å². The van der Waals surface area contributed by atoms with Crippen molar-refractivity contribution in [1.29, 1.82) is 0 Å². The van der Waals surface area contributed by atoms with Crippen LogP contribution in [0.25, 0.3) is 0 Å². The van der Waals surface area contributed by atoms with E-state index in [4.69, 9.17) is 9.47 Å². The monoisotopic (exact) mass is 217 g/mol. The smallest absolute Gasteiger partial charge is 0.0704 e. The van der Waals surface area contributed by atoms with Gasteiger partial charge in [-0.05, 0) is 13.3 Å². The summed E-state index contributed by atoms with van der Waals surface area (Å²) in [6.45, 7) is 11.7. The van der Waals surface area contributed by atoms with Crippen LogP contribution in [0.3, 0.4) is 0 Å². The molecule has 0 saturated heterocycles. The Morgan fingerprint density at radius 1 is 1.07 bits per heavy atom. The zero-order valence-electron chi connectivity index (χ0n) is 10.7. The highest BCUT2D eigenvalue weighted by Crippen LogP contribution is 1.92. The maximum Gasteiger partial charge on any atom is 0.0704 e. The summed E-state index contributed by atoms with van der Waals surface area (Å²) in [4.78, 5) is 0. The molecule has 3 nitrogen and oxygen atoms in total. The molecule has 0 amide bonds. The summed E-state index contributed by atoms with van der Waals surface area (Å²) in [5.41, 5.74) is 0. The molecule has 0 spiro atoms. The summed E-state index contributed by atoms with van der Waals surface area (Å²) in [6.07, 6.45) is 2.60. The third-order valence-electron chi connectivity index (χ3n) is 2.09. The standard InChI is InChI=1S/C12H27NO2/c1-5-6-7-14-8-9-15-12(4)10-13-11(2)3/h11-13H,5-10H2,1-4H3. The average molecular weight is 217 g/mol. The van der Waals surface area contributed by atoms with E-state index in [1.165, 1.54) is 6.42 Å². The third-order valence-corrected chi connectivity index (χ3v) is 2.09. The van der Waals surface area contributed by atoms with Crippen LogP contribution in [-0.4, -0.2) is 38.5 Å². The zero-order valence-corrected chi connectivity index (χ0v) is 10.7. The second kappa shape index (κ2) is 10.4. The minimum absolute atomic E-state index is 0.266. The molecule has 15 heavy (non-hydrogen) atoms. The minimum Gasteiger partial charge on any atom is -0.379 e. The first kappa shape index (κ1) is 14.9. The van der Waals surface area contributed by atoms with Crippen LogP contribution in [0, 0.1) is 0 Å². The Hall–Kier alpha value is -0.120. The highest BCUT2D eigenvalue weighted by Gasteiger charge is 2.02. The fourth-order valence-corrected chi connectivity index (χ4v) is 1.12. The number of nitrogens with one attached hydrogen (secondary N) is 1. The summed E-state index contributed by atoms with van der Waals surface area (Å²) < 4.78 is 11.0.